The van der Waals surface area contributed by atoms with Gasteiger partial charge in [-0.2, -0.15) is 0 Å². The molecule has 3 N–H and O–H groups in total. The summed E-state index contributed by atoms with van der Waals surface area (Å²) in [6.07, 6.45) is 3.88. The number of nitrogen functional groups attached to an aromatic ring is 1. The fourth-order valence-corrected chi connectivity index (χ4v) is 4.11. The molecule has 17 heavy (non-hydrogen) atoms. The van der Waals surface area contributed by atoms with Crippen molar-refractivity contribution in [2.45, 2.75) is 36.6 Å². The van der Waals surface area contributed by atoms with Crippen LogP contribution >= 0.6 is 11.6 Å². The highest BCUT2D eigenvalue weighted by Gasteiger charge is 2.26. The van der Waals surface area contributed by atoms with Gasteiger partial charge in [0.25, 0.3) is 0 Å². The van der Waals surface area contributed by atoms with Crippen molar-refractivity contribution in [1.29, 1.82) is 0 Å². The van der Waals surface area contributed by atoms with Crippen LogP contribution in [-0.2, 0) is 10.0 Å². The summed E-state index contributed by atoms with van der Waals surface area (Å²) < 4.78 is 27.0. The van der Waals surface area contributed by atoms with Crippen LogP contribution in [0.5, 0.6) is 0 Å². The fraction of sp³-hybridized carbons (Fsp3) is 0.455. The van der Waals surface area contributed by atoms with Crippen LogP contribution in [0.25, 0.3) is 0 Å². The van der Waals surface area contributed by atoms with Crippen LogP contribution in [0.15, 0.2) is 23.1 Å². The van der Waals surface area contributed by atoms with Gasteiger partial charge < -0.3 is 5.73 Å². The van der Waals surface area contributed by atoms with E-state index < -0.39 is 10.0 Å². The smallest absolute Gasteiger partial charge is 0.244 e. The first-order chi connectivity index (χ1) is 8.00. The van der Waals surface area contributed by atoms with Crippen LogP contribution in [0, 0.1) is 0 Å². The van der Waals surface area contributed by atoms with Gasteiger partial charge in [0.2, 0.25) is 10.0 Å². The molecule has 0 radical (unpaired) electrons. The molecule has 1 aliphatic rings. The van der Waals surface area contributed by atoms with Crippen LogP contribution in [0.3, 0.4) is 0 Å². The Hall–Kier alpha value is -0.780. The summed E-state index contributed by atoms with van der Waals surface area (Å²) in [6.45, 7) is 0. The standard InChI is InChI=1S/C11H15ClN2O2S/c12-9-6-3-7-10(13)11(9)17(15,16)14-8-4-1-2-5-8/h3,6-8,14H,1-2,4-5,13H2. The third-order valence-corrected chi connectivity index (χ3v) is 5.01. The summed E-state index contributed by atoms with van der Waals surface area (Å²) in [4.78, 5) is -0.00596. The number of nitrogens with two attached hydrogens (primary N) is 1. The minimum atomic E-state index is -3.61. The molecule has 0 aliphatic heterocycles. The van der Waals surface area contributed by atoms with Gasteiger partial charge in [-0.3, -0.25) is 0 Å². The summed E-state index contributed by atoms with van der Waals surface area (Å²) in [5, 5.41) is 0.162. The molecule has 1 aromatic rings. The molecule has 1 fully saturated rings. The number of anilines is 1. The summed E-state index contributed by atoms with van der Waals surface area (Å²) in [5.41, 5.74) is 5.86. The van der Waals surface area contributed by atoms with Gasteiger partial charge in [0.05, 0.1) is 10.7 Å². The zero-order chi connectivity index (χ0) is 12.5. The van der Waals surface area contributed by atoms with E-state index >= 15 is 0 Å². The van der Waals surface area contributed by atoms with Crippen molar-refractivity contribution in [3.05, 3.63) is 23.2 Å². The zero-order valence-corrected chi connectivity index (χ0v) is 10.9. The molecule has 1 aromatic carbocycles. The summed E-state index contributed by atoms with van der Waals surface area (Å²) in [5.74, 6) is 0. The van der Waals surface area contributed by atoms with Crippen molar-refractivity contribution in [2.24, 2.45) is 0 Å². The Bertz CT molecular complexity index is 490. The Morgan fingerprint density at radius 2 is 1.94 bits per heavy atom. The number of sulfonamides is 1. The largest absolute Gasteiger partial charge is 0.398 e. The van der Waals surface area contributed by atoms with Gasteiger partial charge in [-0.15, -0.1) is 0 Å². The first-order valence-corrected chi connectivity index (χ1v) is 7.43. The minimum absolute atomic E-state index is 0.00596. The maximum Gasteiger partial charge on any atom is 0.244 e. The minimum Gasteiger partial charge on any atom is -0.398 e. The Balaban J connectivity index is 2.31. The second-order valence-electron chi connectivity index (χ2n) is 4.26. The molecule has 0 unspecified atom stereocenters. The molecular weight excluding hydrogens is 260 g/mol. The molecule has 0 atom stereocenters. The average molecular weight is 275 g/mol. The van der Waals surface area contributed by atoms with E-state index in [0.717, 1.165) is 25.7 Å². The Kier molecular flexibility index (Phi) is 3.61. The number of hydrogen-bond donors (Lipinski definition) is 2. The van der Waals surface area contributed by atoms with Crippen molar-refractivity contribution in [1.82, 2.24) is 4.72 Å². The van der Waals surface area contributed by atoms with E-state index in [0.29, 0.717) is 0 Å². The van der Waals surface area contributed by atoms with E-state index in [2.05, 4.69) is 4.72 Å². The van der Waals surface area contributed by atoms with Crippen LogP contribution in [-0.4, -0.2) is 14.5 Å². The van der Waals surface area contributed by atoms with Gasteiger partial charge in [-0.05, 0) is 25.0 Å². The van der Waals surface area contributed by atoms with Gasteiger partial charge in [0.15, 0.2) is 0 Å². The quantitative estimate of drug-likeness (QED) is 0.830. The molecule has 2 rings (SSSR count). The summed E-state index contributed by atoms with van der Waals surface area (Å²) >= 11 is 5.90. The highest BCUT2D eigenvalue weighted by molar-refractivity contribution is 7.89. The van der Waals surface area contributed by atoms with Crippen molar-refractivity contribution in [3.8, 4) is 0 Å². The lowest BCUT2D eigenvalue weighted by atomic mass is 10.3. The predicted molar refractivity (Wildman–Crippen MR) is 68.4 cm³/mol. The first-order valence-electron chi connectivity index (χ1n) is 5.57. The Morgan fingerprint density at radius 1 is 1.29 bits per heavy atom. The molecule has 0 bridgehead atoms. The predicted octanol–water partition coefficient (Wildman–Crippen LogP) is 2.14. The first kappa shape index (κ1) is 12.7. The maximum absolute atomic E-state index is 12.2. The number of nitrogens with one attached hydrogen (secondary N) is 1. The normalized spacial score (nSPS) is 17.5. The van der Waals surface area contributed by atoms with E-state index in [1.54, 1.807) is 6.07 Å². The molecule has 1 saturated carbocycles. The molecule has 0 amide bonds. The zero-order valence-electron chi connectivity index (χ0n) is 9.32. The van der Waals surface area contributed by atoms with Crippen LogP contribution < -0.4 is 10.5 Å². The van der Waals surface area contributed by atoms with E-state index in [1.165, 1.54) is 12.1 Å². The number of benzene rings is 1. The molecule has 6 heteroatoms. The van der Waals surface area contributed by atoms with Crippen LogP contribution in [0.2, 0.25) is 5.02 Å². The monoisotopic (exact) mass is 274 g/mol. The van der Waals surface area contributed by atoms with Crippen LogP contribution in [0.4, 0.5) is 5.69 Å². The van der Waals surface area contributed by atoms with Crippen molar-refractivity contribution >= 4 is 27.3 Å². The maximum atomic E-state index is 12.2. The molecular formula is C11H15ClN2O2S. The topological polar surface area (TPSA) is 72.2 Å². The van der Waals surface area contributed by atoms with Gasteiger partial charge in [0.1, 0.15) is 4.90 Å². The Morgan fingerprint density at radius 3 is 2.53 bits per heavy atom. The van der Waals surface area contributed by atoms with Gasteiger partial charge in [-0.25, -0.2) is 13.1 Å². The highest BCUT2D eigenvalue weighted by atomic mass is 35.5. The Labute approximate surface area is 106 Å². The highest BCUT2D eigenvalue weighted by Crippen LogP contribution is 2.28. The van der Waals surface area contributed by atoms with E-state index in [9.17, 15) is 8.42 Å². The average Bonchev–Trinajstić information content (AvgIpc) is 2.68. The van der Waals surface area contributed by atoms with Crippen molar-refractivity contribution in [3.63, 3.8) is 0 Å². The van der Waals surface area contributed by atoms with Crippen molar-refractivity contribution in [2.75, 3.05) is 5.73 Å². The second-order valence-corrected chi connectivity index (χ2v) is 6.32. The number of halogens is 1. The third-order valence-electron chi connectivity index (χ3n) is 2.94. The molecule has 0 heterocycles. The van der Waals surface area contributed by atoms with E-state index in [1.807, 2.05) is 0 Å². The fourth-order valence-electron chi connectivity index (χ4n) is 2.13. The lowest BCUT2D eigenvalue weighted by Crippen LogP contribution is -2.33. The van der Waals surface area contributed by atoms with Crippen molar-refractivity contribution < 1.29 is 8.42 Å². The van der Waals surface area contributed by atoms with Gasteiger partial charge >= 0.3 is 0 Å². The lowest BCUT2D eigenvalue weighted by Gasteiger charge is -2.14. The third kappa shape index (κ3) is 2.73. The SMILES string of the molecule is Nc1cccc(Cl)c1S(=O)(=O)NC1CCCC1. The van der Waals surface area contributed by atoms with Gasteiger partial charge in [-0.1, -0.05) is 30.5 Å². The van der Waals surface area contributed by atoms with E-state index in [-0.39, 0.29) is 21.6 Å². The molecule has 0 aromatic heterocycles. The summed E-state index contributed by atoms with van der Waals surface area (Å²) in [7, 11) is -3.61. The molecule has 0 spiro atoms. The van der Waals surface area contributed by atoms with E-state index in [4.69, 9.17) is 17.3 Å². The molecule has 94 valence electrons. The number of hydrogen-bond acceptors (Lipinski definition) is 3. The van der Waals surface area contributed by atoms with Crippen LogP contribution in [0.1, 0.15) is 25.7 Å². The number of rotatable bonds is 3. The molecule has 4 nitrogen and oxygen atoms in total. The molecule has 1 aliphatic carbocycles. The molecule has 0 saturated heterocycles. The lowest BCUT2D eigenvalue weighted by molar-refractivity contribution is 0.552. The second kappa shape index (κ2) is 4.84. The summed E-state index contributed by atoms with van der Waals surface area (Å²) in [6, 6.07) is 4.71. The van der Waals surface area contributed by atoms with Gasteiger partial charge in [0, 0.05) is 6.04 Å².